The predicted molar refractivity (Wildman–Crippen MR) is 89.1 cm³/mol. The molecule has 0 aliphatic heterocycles. The van der Waals surface area contributed by atoms with Gasteiger partial charge in [0.1, 0.15) is 5.82 Å². The van der Waals surface area contributed by atoms with Crippen molar-refractivity contribution in [1.29, 1.82) is 0 Å². The summed E-state index contributed by atoms with van der Waals surface area (Å²) in [6.07, 6.45) is 5.68. The molecule has 0 saturated heterocycles. The quantitative estimate of drug-likeness (QED) is 0.923. The summed E-state index contributed by atoms with van der Waals surface area (Å²) in [5.41, 5.74) is 5.48. The topological polar surface area (TPSA) is 28.2 Å². The van der Waals surface area contributed by atoms with Gasteiger partial charge in [0.05, 0.1) is 11.9 Å². The zero-order valence-electron chi connectivity index (χ0n) is 13.1. The summed E-state index contributed by atoms with van der Waals surface area (Å²) in [5, 5.41) is 3.53. The summed E-state index contributed by atoms with van der Waals surface area (Å²) in [6, 6.07) is 11.3. The van der Waals surface area contributed by atoms with E-state index in [1.165, 1.54) is 36.0 Å². The van der Waals surface area contributed by atoms with Crippen molar-refractivity contribution in [2.24, 2.45) is 0 Å². The van der Waals surface area contributed by atoms with Crippen molar-refractivity contribution < 1.29 is 0 Å². The number of aryl methyl sites for hydroxylation is 2. The maximum absolute atomic E-state index is 4.45. The molecule has 1 N–H and O–H groups in total. The fourth-order valence-electron chi connectivity index (χ4n) is 2.93. The summed E-state index contributed by atoms with van der Waals surface area (Å²) in [5.74, 6) is 0.978. The molecule has 21 heavy (non-hydrogen) atoms. The van der Waals surface area contributed by atoms with Gasteiger partial charge < -0.3 is 10.2 Å². The highest BCUT2D eigenvalue weighted by Gasteiger charge is 2.13. The van der Waals surface area contributed by atoms with E-state index in [4.69, 9.17) is 0 Å². The summed E-state index contributed by atoms with van der Waals surface area (Å²) in [7, 11) is 4.01. The number of nitrogens with zero attached hydrogens (tertiary/aromatic N) is 2. The van der Waals surface area contributed by atoms with Gasteiger partial charge in [-0.05, 0) is 55.0 Å². The second-order valence-electron chi connectivity index (χ2n) is 6.05. The number of fused-ring (bicyclic) bond motifs is 1. The van der Waals surface area contributed by atoms with Crippen molar-refractivity contribution in [2.75, 3.05) is 24.3 Å². The Morgan fingerprint density at radius 1 is 1.10 bits per heavy atom. The van der Waals surface area contributed by atoms with Gasteiger partial charge in [-0.15, -0.1) is 0 Å². The normalized spacial score (nSPS) is 14.6. The van der Waals surface area contributed by atoms with Gasteiger partial charge in [-0.3, -0.25) is 0 Å². The monoisotopic (exact) mass is 281 g/mol. The van der Waals surface area contributed by atoms with E-state index in [0.29, 0.717) is 6.04 Å². The number of anilines is 2. The molecule has 2 aromatic rings. The Bertz CT molecular complexity index is 617. The molecule has 1 aliphatic rings. The number of pyridine rings is 1. The van der Waals surface area contributed by atoms with Crippen LogP contribution in [0.15, 0.2) is 36.5 Å². The Labute approximate surface area is 127 Å². The van der Waals surface area contributed by atoms with E-state index < -0.39 is 0 Å². The van der Waals surface area contributed by atoms with E-state index in [1.54, 1.807) is 0 Å². The van der Waals surface area contributed by atoms with Crippen molar-refractivity contribution in [1.82, 2.24) is 4.98 Å². The lowest BCUT2D eigenvalue weighted by Gasteiger charge is -2.18. The van der Waals surface area contributed by atoms with Crippen LogP contribution in [0.5, 0.6) is 0 Å². The molecule has 0 bridgehead atoms. The van der Waals surface area contributed by atoms with Crippen molar-refractivity contribution in [3.8, 4) is 0 Å². The summed E-state index contributed by atoms with van der Waals surface area (Å²) < 4.78 is 0. The molecule has 0 radical (unpaired) electrons. The summed E-state index contributed by atoms with van der Waals surface area (Å²) in [6.45, 7) is 2.20. The number of hydrogen-bond donors (Lipinski definition) is 1. The van der Waals surface area contributed by atoms with Crippen molar-refractivity contribution in [2.45, 2.75) is 32.2 Å². The molecular weight excluding hydrogens is 258 g/mol. The summed E-state index contributed by atoms with van der Waals surface area (Å²) >= 11 is 0. The first-order chi connectivity index (χ1) is 10.1. The molecule has 0 amide bonds. The largest absolute Gasteiger partial charge is 0.377 e. The van der Waals surface area contributed by atoms with Crippen LogP contribution in [0, 0.1) is 0 Å². The zero-order chi connectivity index (χ0) is 14.8. The van der Waals surface area contributed by atoms with Crippen LogP contribution in [-0.2, 0) is 12.8 Å². The van der Waals surface area contributed by atoms with Gasteiger partial charge in [0, 0.05) is 20.1 Å². The maximum atomic E-state index is 4.45. The second-order valence-corrected chi connectivity index (χ2v) is 6.05. The van der Waals surface area contributed by atoms with Crippen LogP contribution >= 0.6 is 0 Å². The zero-order valence-corrected chi connectivity index (χ0v) is 13.1. The van der Waals surface area contributed by atoms with E-state index in [9.17, 15) is 0 Å². The van der Waals surface area contributed by atoms with Gasteiger partial charge >= 0.3 is 0 Å². The third-order valence-corrected chi connectivity index (χ3v) is 4.21. The first-order valence-corrected chi connectivity index (χ1v) is 7.65. The fourth-order valence-corrected chi connectivity index (χ4v) is 2.93. The number of aromatic nitrogens is 1. The van der Waals surface area contributed by atoms with E-state index in [0.717, 1.165) is 11.5 Å². The number of benzene rings is 1. The molecule has 3 heteroatoms. The molecule has 1 atom stereocenters. The Morgan fingerprint density at radius 3 is 2.62 bits per heavy atom. The van der Waals surface area contributed by atoms with E-state index in [-0.39, 0.29) is 0 Å². The van der Waals surface area contributed by atoms with Gasteiger partial charge in [-0.25, -0.2) is 4.98 Å². The van der Waals surface area contributed by atoms with Crippen LogP contribution in [0.1, 0.15) is 36.1 Å². The van der Waals surface area contributed by atoms with Crippen molar-refractivity contribution in [3.63, 3.8) is 0 Å². The molecule has 1 aliphatic carbocycles. The average Bonchev–Trinajstić information content (AvgIpc) is 2.95. The highest BCUT2D eigenvalue weighted by atomic mass is 15.1. The minimum atomic E-state index is 0.294. The maximum Gasteiger partial charge on any atom is 0.128 e. The Hall–Kier alpha value is -2.03. The smallest absolute Gasteiger partial charge is 0.128 e. The van der Waals surface area contributed by atoms with Crippen LogP contribution in [0.3, 0.4) is 0 Å². The predicted octanol–water partition coefficient (Wildman–Crippen LogP) is 3.81. The number of rotatable bonds is 4. The van der Waals surface area contributed by atoms with Gasteiger partial charge in [0.15, 0.2) is 0 Å². The molecule has 0 spiro atoms. The molecule has 3 rings (SSSR count). The molecule has 0 fully saturated rings. The Morgan fingerprint density at radius 2 is 1.90 bits per heavy atom. The molecule has 3 nitrogen and oxygen atoms in total. The van der Waals surface area contributed by atoms with Crippen LogP contribution in [0.2, 0.25) is 0 Å². The third kappa shape index (κ3) is 3.02. The highest BCUT2D eigenvalue weighted by Crippen LogP contribution is 2.27. The van der Waals surface area contributed by atoms with E-state index in [2.05, 4.69) is 41.5 Å². The molecular formula is C18H23N3. The highest BCUT2D eigenvalue weighted by molar-refractivity contribution is 5.49. The lowest BCUT2D eigenvalue weighted by Crippen LogP contribution is -2.11. The average molecular weight is 281 g/mol. The van der Waals surface area contributed by atoms with Crippen LogP contribution in [-0.4, -0.2) is 19.1 Å². The second kappa shape index (κ2) is 5.76. The van der Waals surface area contributed by atoms with Crippen molar-refractivity contribution >= 4 is 11.5 Å². The third-order valence-electron chi connectivity index (χ3n) is 4.21. The first kappa shape index (κ1) is 13.9. The van der Waals surface area contributed by atoms with Crippen LogP contribution in [0.4, 0.5) is 11.5 Å². The number of hydrogen-bond acceptors (Lipinski definition) is 3. The SMILES string of the molecule is CC(Nc1ccc(N(C)C)nc1)c1ccc2c(c1)CCC2. The van der Waals surface area contributed by atoms with E-state index in [1.807, 2.05) is 31.3 Å². The minimum Gasteiger partial charge on any atom is -0.377 e. The molecule has 1 unspecified atom stereocenters. The fraction of sp³-hybridized carbons (Fsp3) is 0.389. The van der Waals surface area contributed by atoms with Crippen LogP contribution < -0.4 is 10.2 Å². The standard InChI is InChI=1S/C18H23N3/c1-13(15-8-7-14-5-4-6-16(14)11-15)20-17-9-10-18(19-12-17)21(2)3/h7-13,20H,4-6H2,1-3H3. The summed E-state index contributed by atoms with van der Waals surface area (Å²) in [4.78, 5) is 6.45. The molecule has 1 aromatic heterocycles. The van der Waals surface area contributed by atoms with Gasteiger partial charge in [0.2, 0.25) is 0 Å². The molecule has 1 aromatic carbocycles. The Balaban J connectivity index is 1.72. The van der Waals surface area contributed by atoms with Gasteiger partial charge in [-0.2, -0.15) is 0 Å². The lowest BCUT2D eigenvalue weighted by atomic mass is 10.0. The van der Waals surface area contributed by atoms with Gasteiger partial charge in [-0.1, -0.05) is 18.2 Å². The molecule has 0 saturated carbocycles. The number of nitrogens with one attached hydrogen (secondary N) is 1. The van der Waals surface area contributed by atoms with Crippen molar-refractivity contribution in [3.05, 3.63) is 53.2 Å². The Kier molecular flexibility index (Phi) is 3.82. The van der Waals surface area contributed by atoms with Gasteiger partial charge in [0.25, 0.3) is 0 Å². The molecule has 1 heterocycles. The lowest BCUT2D eigenvalue weighted by molar-refractivity contribution is 0.877. The van der Waals surface area contributed by atoms with Crippen LogP contribution in [0.25, 0.3) is 0 Å². The minimum absolute atomic E-state index is 0.294. The first-order valence-electron chi connectivity index (χ1n) is 7.65. The molecule has 110 valence electrons. The van der Waals surface area contributed by atoms with E-state index >= 15 is 0 Å².